The molecule has 1 aromatic heterocycles. The maximum atomic E-state index is 9.69. The molecule has 0 radical (unpaired) electrons. The summed E-state index contributed by atoms with van der Waals surface area (Å²) in [5.41, 5.74) is 1.18. The molecule has 2 N–H and O–H groups in total. The van der Waals surface area contributed by atoms with Crippen molar-refractivity contribution >= 4 is 16.6 Å². The Bertz CT molecular complexity index is 636. The predicted molar refractivity (Wildman–Crippen MR) is 78.3 cm³/mol. The maximum absolute atomic E-state index is 9.69. The van der Waals surface area contributed by atoms with E-state index in [0.717, 1.165) is 23.7 Å². The molecule has 5 heteroatoms. The van der Waals surface area contributed by atoms with Crippen molar-refractivity contribution in [1.82, 2.24) is 10.2 Å². The van der Waals surface area contributed by atoms with Crippen LogP contribution in [-0.4, -0.2) is 27.4 Å². The van der Waals surface area contributed by atoms with Crippen LogP contribution in [0, 0.1) is 11.3 Å². The van der Waals surface area contributed by atoms with Gasteiger partial charge in [0, 0.05) is 5.39 Å². The van der Waals surface area contributed by atoms with E-state index in [2.05, 4.69) is 21.6 Å². The van der Waals surface area contributed by atoms with E-state index in [0.29, 0.717) is 5.69 Å². The zero-order chi connectivity index (χ0) is 14.6. The first-order chi connectivity index (χ1) is 9.69. The summed E-state index contributed by atoms with van der Waals surface area (Å²) >= 11 is 0. The molecule has 0 bridgehead atoms. The van der Waals surface area contributed by atoms with Crippen molar-refractivity contribution in [3.8, 4) is 6.07 Å². The van der Waals surface area contributed by atoms with Gasteiger partial charge in [-0.05, 0) is 18.9 Å². The van der Waals surface area contributed by atoms with Gasteiger partial charge in [0.15, 0.2) is 5.69 Å². The summed E-state index contributed by atoms with van der Waals surface area (Å²) in [7, 11) is 0. The van der Waals surface area contributed by atoms with Gasteiger partial charge in [-0.2, -0.15) is 5.26 Å². The lowest BCUT2D eigenvalue weighted by Crippen LogP contribution is -2.41. The molecule has 20 heavy (non-hydrogen) atoms. The highest BCUT2D eigenvalue weighted by Gasteiger charge is 2.27. The molecule has 0 amide bonds. The van der Waals surface area contributed by atoms with E-state index >= 15 is 0 Å². The normalized spacial score (nSPS) is 11.3. The number of hydrogen-bond donors (Lipinski definition) is 2. The summed E-state index contributed by atoms with van der Waals surface area (Å²) in [5, 5.41) is 31.1. The number of fused-ring (bicyclic) bond motifs is 1. The zero-order valence-electron chi connectivity index (χ0n) is 11.7. The van der Waals surface area contributed by atoms with E-state index in [1.54, 1.807) is 0 Å². The van der Waals surface area contributed by atoms with Crippen molar-refractivity contribution in [2.24, 2.45) is 0 Å². The monoisotopic (exact) mass is 270 g/mol. The van der Waals surface area contributed by atoms with Gasteiger partial charge >= 0.3 is 0 Å². The highest BCUT2D eigenvalue weighted by atomic mass is 16.3. The fraction of sp³-hybridized carbons (Fsp3) is 0.400. The minimum Gasteiger partial charge on any atom is -0.394 e. The average Bonchev–Trinajstić information content (AvgIpc) is 2.52. The molecule has 1 heterocycles. The first-order valence-corrected chi connectivity index (χ1v) is 6.74. The van der Waals surface area contributed by atoms with Crippen LogP contribution in [0.15, 0.2) is 24.3 Å². The van der Waals surface area contributed by atoms with Gasteiger partial charge in [0.05, 0.1) is 23.3 Å². The summed E-state index contributed by atoms with van der Waals surface area (Å²) in [6.07, 6.45) is 1.50. The second kappa shape index (κ2) is 5.85. The number of aromatic nitrogens is 2. The Morgan fingerprint density at radius 3 is 2.55 bits per heavy atom. The number of aliphatic hydroxyl groups excluding tert-OH is 1. The molecule has 0 atom stereocenters. The Morgan fingerprint density at radius 2 is 1.95 bits per heavy atom. The van der Waals surface area contributed by atoms with Crippen molar-refractivity contribution in [3.63, 3.8) is 0 Å². The van der Waals surface area contributed by atoms with Crippen molar-refractivity contribution in [3.05, 3.63) is 30.0 Å². The van der Waals surface area contributed by atoms with Crippen LogP contribution in [0.4, 0.5) is 5.69 Å². The summed E-state index contributed by atoms with van der Waals surface area (Å²) in [6.45, 7) is 4.02. The molecule has 2 rings (SSSR count). The lowest BCUT2D eigenvalue weighted by molar-refractivity contribution is 0.202. The zero-order valence-corrected chi connectivity index (χ0v) is 11.7. The SMILES string of the molecule is CCC(CC)(CO)Nc1c(C#N)nnc2ccccc12. The Hall–Kier alpha value is -2.19. The molecular formula is C15H18N4O. The van der Waals surface area contributed by atoms with Gasteiger partial charge in [0.1, 0.15) is 6.07 Å². The molecule has 1 aromatic carbocycles. The van der Waals surface area contributed by atoms with Crippen molar-refractivity contribution in [2.75, 3.05) is 11.9 Å². The number of benzene rings is 1. The maximum Gasteiger partial charge on any atom is 0.186 e. The first-order valence-electron chi connectivity index (χ1n) is 6.74. The second-order valence-corrected chi connectivity index (χ2v) is 4.82. The van der Waals surface area contributed by atoms with Crippen LogP contribution >= 0.6 is 0 Å². The molecule has 0 spiro atoms. The van der Waals surface area contributed by atoms with Crippen LogP contribution in [-0.2, 0) is 0 Å². The number of nitrogens with zero attached hydrogens (tertiary/aromatic N) is 3. The molecule has 0 saturated carbocycles. The Kier molecular flexibility index (Phi) is 4.16. The predicted octanol–water partition coefficient (Wildman–Crippen LogP) is 2.46. The number of rotatable bonds is 5. The van der Waals surface area contributed by atoms with Crippen LogP contribution in [0.5, 0.6) is 0 Å². The van der Waals surface area contributed by atoms with Gasteiger partial charge in [-0.1, -0.05) is 32.0 Å². The third-order valence-corrected chi connectivity index (χ3v) is 3.82. The lowest BCUT2D eigenvalue weighted by atomic mass is 9.93. The van der Waals surface area contributed by atoms with Gasteiger partial charge in [0.2, 0.25) is 0 Å². The third-order valence-electron chi connectivity index (χ3n) is 3.82. The molecular weight excluding hydrogens is 252 g/mol. The standard InChI is InChI=1S/C15H18N4O/c1-3-15(4-2,10-20)17-14-11-7-5-6-8-12(11)18-19-13(14)9-16/h5-8,20H,3-4,10H2,1-2H3,(H,17,18). The van der Waals surface area contributed by atoms with Crippen LogP contribution < -0.4 is 5.32 Å². The molecule has 5 nitrogen and oxygen atoms in total. The van der Waals surface area contributed by atoms with Gasteiger partial charge in [0.25, 0.3) is 0 Å². The molecule has 0 aliphatic rings. The minimum atomic E-state index is -0.447. The topological polar surface area (TPSA) is 81.8 Å². The van der Waals surface area contributed by atoms with Gasteiger partial charge < -0.3 is 10.4 Å². The average molecular weight is 270 g/mol. The largest absolute Gasteiger partial charge is 0.394 e. The molecule has 0 aliphatic heterocycles. The fourth-order valence-corrected chi connectivity index (χ4v) is 2.21. The number of anilines is 1. The van der Waals surface area contributed by atoms with Gasteiger partial charge in [-0.25, -0.2) is 0 Å². The summed E-state index contributed by atoms with van der Waals surface area (Å²) in [5.74, 6) is 0. The van der Waals surface area contributed by atoms with Crippen LogP contribution in [0.2, 0.25) is 0 Å². The van der Waals surface area contributed by atoms with Crippen LogP contribution in [0.25, 0.3) is 10.9 Å². The third kappa shape index (κ3) is 2.43. The number of aliphatic hydroxyl groups is 1. The van der Waals surface area contributed by atoms with Gasteiger partial charge in [-0.15, -0.1) is 10.2 Å². The van der Waals surface area contributed by atoms with Crippen molar-refractivity contribution in [2.45, 2.75) is 32.2 Å². The Labute approximate surface area is 118 Å². The number of nitriles is 1. The summed E-state index contributed by atoms with van der Waals surface area (Å²) in [4.78, 5) is 0. The van der Waals surface area contributed by atoms with Gasteiger partial charge in [-0.3, -0.25) is 0 Å². The van der Waals surface area contributed by atoms with E-state index < -0.39 is 5.54 Å². The van der Waals surface area contributed by atoms with Crippen LogP contribution in [0.1, 0.15) is 32.4 Å². The number of hydrogen-bond acceptors (Lipinski definition) is 5. The fourth-order valence-electron chi connectivity index (χ4n) is 2.21. The Morgan fingerprint density at radius 1 is 1.25 bits per heavy atom. The highest BCUT2D eigenvalue weighted by molar-refractivity contribution is 5.93. The molecule has 2 aromatic rings. The number of nitrogens with one attached hydrogen (secondary N) is 1. The van der Waals surface area contributed by atoms with E-state index in [1.807, 2.05) is 38.1 Å². The Balaban J connectivity index is 2.60. The van der Waals surface area contributed by atoms with Crippen molar-refractivity contribution < 1.29 is 5.11 Å². The first kappa shape index (κ1) is 14.2. The van der Waals surface area contributed by atoms with E-state index in [-0.39, 0.29) is 12.3 Å². The molecule has 0 aliphatic carbocycles. The molecule has 0 saturated heterocycles. The summed E-state index contributed by atoms with van der Waals surface area (Å²) < 4.78 is 0. The van der Waals surface area contributed by atoms with E-state index in [1.165, 1.54) is 0 Å². The smallest absolute Gasteiger partial charge is 0.186 e. The minimum absolute atomic E-state index is 0.00151. The molecule has 0 unspecified atom stereocenters. The van der Waals surface area contributed by atoms with E-state index in [4.69, 9.17) is 0 Å². The van der Waals surface area contributed by atoms with E-state index in [9.17, 15) is 10.4 Å². The molecule has 104 valence electrons. The second-order valence-electron chi connectivity index (χ2n) is 4.82. The van der Waals surface area contributed by atoms with Crippen molar-refractivity contribution in [1.29, 1.82) is 5.26 Å². The molecule has 0 fully saturated rings. The lowest BCUT2D eigenvalue weighted by Gasteiger charge is -2.32. The summed E-state index contributed by atoms with van der Waals surface area (Å²) in [6, 6.07) is 9.60. The quantitative estimate of drug-likeness (QED) is 0.872. The van der Waals surface area contributed by atoms with Crippen LogP contribution in [0.3, 0.4) is 0 Å². The highest BCUT2D eigenvalue weighted by Crippen LogP contribution is 2.29.